The minimum absolute atomic E-state index is 0.878. The lowest BCUT2D eigenvalue weighted by molar-refractivity contribution is 0.326. The fourth-order valence-electron chi connectivity index (χ4n) is 3.20. The maximum Gasteiger partial charge on any atom is -0.0412 e. The maximum atomic E-state index is 2.37. The molecule has 0 aliphatic carbocycles. The van der Waals surface area contributed by atoms with Crippen LogP contribution in [0.2, 0.25) is 0 Å². The lowest BCUT2D eigenvalue weighted by atomic mass is 9.86. The standard InChI is InChI=1S/C18H38/c1-6-9-12-17(8-3)13-10-14-18(11-7-2)15-16(4)5/h16-18H,6-15H2,1-5H3. The second-order valence-corrected chi connectivity index (χ2v) is 6.63. The van der Waals surface area contributed by atoms with Gasteiger partial charge in [-0.25, -0.2) is 0 Å². The molecule has 0 radical (unpaired) electrons. The summed E-state index contributed by atoms with van der Waals surface area (Å²) in [7, 11) is 0. The average molecular weight is 255 g/mol. The van der Waals surface area contributed by atoms with Crippen LogP contribution < -0.4 is 0 Å². The van der Waals surface area contributed by atoms with Gasteiger partial charge in [-0.15, -0.1) is 0 Å². The molecule has 0 fully saturated rings. The zero-order valence-electron chi connectivity index (χ0n) is 13.8. The molecule has 0 heterocycles. The van der Waals surface area contributed by atoms with Gasteiger partial charge in [-0.1, -0.05) is 92.4 Å². The molecule has 0 aliphatic heterocycles. The smallest absolute Gasteiger partial charge is 0.0412 e. The Morgan fingerprint density at radius 2 is 1.28 bits per heavy atom. The fourth-order valence-corrected chi connectivity index (χ4v) is 3.20. The van der Waals surface area contributed by atoms with Gasteiger partial charge < -0.3 is 0 Å². The molecule has 0 spiro atoms. The molecule has 110 valence electrons. The lowest BCUT2D eigenvalue weighted by Crippen LogP contribution is -2.06. The summed E-state index contributed by atoms with van der Waals surface area (Å²) in [4.78, 5) is 0. The molecule has 0 aromatic heterocycles. The van der Waals surface area contributed by atoms with Crippen LogP contribution in [-0.2, 0) is 0 Å². The van der Waals surface area contributed by atoms with Crippen molar-refractivity contribution < 1.29 is 0 Å². The molecule has 0 nitrogen and oxygen atoms in total. The molecule has 0 aromatic carbocycles. The van der Waals surface area contributed by atoms with Gasteiger partial charge in [-0.2, -0.15) is 0 Å². The van der Waals surface area contributed by atoms with E-state index >= 15 is 0 Å². The van der Waals surface area contributed by atoms with Crippen LogP contribution in [0.25, 0.3) is 0 Å². The van der Waals surface area contributed by atoms with Crippen molar-refractivity contribution in [2.45, 2.75) is 98.8 Å². The van der Waals surface area contributed by atoms with Crippen LogP contribution in [0.5, 0.6) is 0 Å². The van der Waals surface area contributed by atoms with E-state index in [2.05, 4.69) is 34.6 Å². The molecular formula is C18H38. The summed E-state index contributed by atoms with van der Waals surface area (Å²) in [6.07, 6.45) is 14.3. The van der Waals surface area contributed by atoms with E-state index in [0.717, 1.165) is 17.8 Å². The zero-order chi connectivity index (χ0) is 13.8. The fraction of sp³-hybridized carbons (Fsp3) is 1.00. The van der Waals surface area contributed by atoms with E-state index in [-0.39, 0.29) is 0 Å². The van der Waals surface area contributed by atoms with Crippen molar-refractivity contribution in [3.8, 4) is 0 Å². The third kappa shape index (κ3) is 9.97. The maximum absolute atomic E-state index is 2.37. The van der Waals surface area contributed by atoms with Gasteiger partial charge in [-0.05, 0) is 24.2 Å². The summed E-state index contributed by atoms with van der Waals surface area (Å²) in [5.41, 5.74) is 0. The highest BCUT2D eigenvalue weighted by molar-refractivity contribution is 4.64. The molecule has 0 aromatic rings. The van der Waals surface area contributed by atoms with Crippen molar-refractivity contribution in [1.82, 2.24) is 0 Å². The number of hydrogen-bond acceptors (Lipinski definition) is 0. The van der Waals surface area contributed by atoms with Gasteiger partial charge in [0.15, 0.2) is 0 Å². The normalized spacial score (nSPS) is 15.0. The molecule has 0 amide bonds. The van der Waals surface area contributed by atoms with Crippen molar-refractivity contribution in [1.29, 1.82) is 0 Å². The highest BCUT2D eigenvalue weighted by Gasteiger charge is 2.11. The largest absolute Gasteiger partial charge is 0.0654 e. The van der Waals surface area contributed by atoms with Crippen molar-refractivity contribution in [3.63, 3.8) is 0 Å². The van der Waals surface area contributed by atoms with E-state index < -0.39 is 0 Å². The van der Waals surface area contributed by atoms with E-state index in [1.54, 1.807) is 0 Å². The van der Waals surface area contributed by atoms with Crippen molar-refractivity contribution in [2.75, 3.05) is 0 Å². The van der Waals surface area contributed by atoms with Gasteiger partial charge in [-0.3, -0.25) is 0 Å². The lowest BCUT2D eigenvalue weighted by Gasteiger charge is -2.20. The van der Waals surface area contributed by atoms with Crippen molar-refractivity contribution >= 4 is 0 Å². The summed E-state index contributed by atoms with van der Waals surface area (Å²) in [5, 5.41) is 0. The highest BCUT2D eigenvalue weighted by Crippen LogP contribution is 2.26. The van der Waals surface area contributed by atoms with Crippen LogP contribution in [0, 0.1) is 17.8 Å². The minimum Gasteiger partial charge on any atom is -0.0654 e. The van der Waals surface area contributed by atoms with Gasteiger partial charge >= 0.3 is 0 Å². The molecule has 0 heteroatoms. The van der Waals surface area contributed by atoms with E-state index in [1.165, 1.54) is 64.2 Å². The summed E-state index contributed by atoms with van der Waals surface area (Å²) >= 11 is 0. The first kappa shape index (κ1) is 18.0. The van der Waals surface area contributed by atoms with Crippen LogP contribution in [0.1, 0.15) is 98.8 Å². The monoisotopic (exact) mass is 254 g/mol. The Hall–Kier alpha value is 0. The number of hydrogen-bond donors (Lipinski definition) is 0. The predicted molar refractivity (Wildman–Crippen MR) is 85.0 cm³/mol. The van der Waals surface area contributed by atoms with Gasteiger partial charge in [0, 0.05) is 0 Å². The van der Waals surface area contributed by atoms with E-state index in [1.807, 2.05) is 0 Å². The summed E-state index contributed by atoms with van der Waals surface area (Å²) in [5.74, 6) is 2.88. The molecule has 18 heavy (non-hydrogen) atoms. The first-order valence-electron chi connectivity index (χ1n) is 8.63. The van der Waals surface area contributed by atoms with Crippen molar-refractivity contribution in [3.05, 3.63) is 0 Å². The Morgan fingerprint density at radius 1 is 0.667 bits per heavy atom. The molecule has 2 unspecified atom stereocenters. The van der Waals surface area contributed by atoms with Gasteiger partial charge in [0.25, 0.3) is 0 Å². The molecular weight excluding hydrogens is 216 g/mol. The SMILES string of the molecule is CCCCC(CC)CCCC(CCC)CC(C)C. The van der Waals surface area contributed by atoms with Gasteiger partial charge in [0.1, 0.15) is 0 Å². The predicted octanol–water partition coefficient (Wildman–Crippen LogP) is 6.84. The number of rotatable bonds is 12. The second kappa shape index (κ2) is 12.1. The molecule has 0 bridgehead atoms. The van der Waals surface area contributed by atoms with E-state index in [0.29, 0.717) is 0 Å². The third-order valence-corrected chi connectivity index (χ3v) is 4.27. The Balaban J connectivity index is 3.80. The summed E-state index contributed by atoms with van der Waals surface area (Å²) in [6.45, 7) is 11.8. The van der Waals surface area contributed by atoms with Crippen molar-refractivity contribution in [2.24, 2.45) is 17.8 Å². The van der Waals surface area contributed by atoms with Crippen LogP contribution in [0.15, 0.2) is 0 Å². The molecule has 0 aliphatic rings. The Bertz CT molecular complexity index is 159. The highest BCUT2D eigenvalue weighted by atomic mass is 14.2. The molecule has 0 saturated carbocycles. The van der Waals surface area contributed by atoms with Gasteiger partial charge in [0.2, 0.25) is 0 Å². The quantitative estimate of drug-likeness (QED) is 0.358. The molecule has 2 atom stereocenters. The topological polar surface area (TPSA) is 0 Å². The molecule has 0 saturated heterocycles. The van der Waals surface area contributed by atoms with Crippen LogP contribution in [-0.4, -0.2) is 0 Å². The Morgan fingerprint density at radius 3 is 1.78 bits per heavy atom. The first-order chi connectivity index (χ1) is 8.63. The van der Waals surface area contributed by atoms with Gasteiger partial charge in [0.05, 0.1) is 0 Å². The van der Waals surface area contributed by atoms with E-state index in [9.17, 15) is 0 Å². The average Bonchev–Trinajstić information content (AvgIpc) is 2.33. The van der Waals surface area contributed by atoms with Crippen LogP contribution in [0.3, 0.4) is 0 Å². The zero-order valence-corrected chi connectivity index (χ0v) is 13.8. The number of unbranched alkanes of at least 4 members (excludes halogenated alkanes) is 1. The third-order valence-electron chi connectivity index (χ3n) is 4.27. The second-order valence-electron chi connectivity index (χ2n) is 6.63. The molecule has 0 rings (SSSR count). The van der Waals surface area contributed by atoms with Crippen LogP contribution in [0.4, 0.5) is 0 Å². The summed E-state index contributed by atoms with van der Waals surface area (Å²) < 4.78 is 0. The molecule has 0 N–H and O–H groups in total. The Labute approximate surface area is 117 Å². The minimum atomic E-state index is 0.878. The van der Waals surface area contributed by atoms with Crippen LogP contribution >= 0.6 is 0 Å². The first-order valence-corrected chi connectivity index (χ1v) is 8.63. The summed E-state index contributed by atoms with van der Waals surface area (Å²) in [6, 6.07) is 0. The van der Waals surface area contributed by atoms with E-state index in [4.69, 9.17) is 0 Å². The Kier molecular flexibility index (Phi) is 12.1.